The molecule has 96 valence electrons. The van der Waals surface area contributed by atoms with Crippen molar-refractivity contribution in [2.24, 2.45) is 0 Å². The number of halogens is 1. The maximum Gasteiger partial charge on any atom is 0.247 e. The molecule has 0 fully saturated rings. The smallest absolute Gasteiger partial charge is 0.247 e. The zero-order valence-electron chi connectivity index (χ0n) is 10.6. The Morgan fingerprint density at radius 2 is 2.00 bits per heavy atom. The van der Waals surface area contributed by atoms with E-state index in [0.29, 0.717) is 4.88 Å². The van der Waals surface area contributed by atoms with Crippen LogP contribution < -0.4 is 0 Å². The Morgan fingerprint density at radius 1 is 1.26 bits per heavy atom. The highest BCUT2D eigenvalue weighted by molar-refractivity contribution is 9.10. The number of Topliss-reactive ketones (excluding diaryl/α,β-unsaturated/α-hetero) is 1. The van der Waals surface area contributed by atoms with Crippen LogP contribution in [0.1, 0.15) is 34.1 Å². The van der Waals surface area contributed by atoms with E-state index in [9.17, 15) is 4.79 Å². The van der Waals surface area contributed by atoms with E-state index in [1.807, 2.05) is 23.6 Å². The van der Waals surface area contributed by atoms with Crippen molar-refractivity contribution in [2.45, 2.75) is 19.8 Å². The van der Waals surface area contributed by atoms with Crippen LogP contribution in [0.5, 0.6) is 0 Å². The first-order valence-corrected chi connectivity index (χ1v) is 7.76. The topological polar surface area (TPSA) is 17.1 Å². The largest absolute Gasteiger partial charge is 0.278 e. The summed E-state index contributed by atoms with van der Waals surface area (Å²) in [4.78, 5) is 12.5. The number of benzene rings is 1. The van der Waals surface area contributed by atoms with Crippen molar-refractivity contribution in [3.8, 4) is 11.8 Å². The molecular formula is C16H13BrOS. The highest BCUT2D eigenvalue weighted by Gasteiger charge is 2.08. The van der Waals surface area contributed by atoms with Gasteiger partial charge in [0.25, 0.3) is 0 Å². The molecule has 0 spiro atoms. The molecule has 2 rings (SSSR count). The van der Waals surface area contributed by atoms with Crippen LogP contribution in [0.2, 0.25) is 0 Å². The number of hydrogen-bond acceptors (Lipinski definition) is 2. The minimum absolute atomic E-state index is 0.139. The van der Waals surface area contributed by atoms with E-state index in [-0.39, 0.29) is 5.78 Å². The standard InChI is InChI=1S/C16H13BrOS/c1-2-3-12-4-6-13(7-5-12)8-9-15(18)16-14(17)10-11-19-16/h4-7,10-11H,2-3H2,1H3. The summed E-state index contributed by atoms with van der Waals surface area (Å²) in [5, 5.41) is 1.87. The maximum absolute atomic E-state index is 11.9. The molecule has 0 aliphatic carbocycles. The molecule has 0 aliphatic heterocycles. The lowest BCUT2D eigenvalue weighted by molar-refractivity contribution is 0.105. The third kappa shape index (κ3) is 3.79. The zero-order chi connectivity index (χ0) is 13.7. The second-order valence-corrected chi connectivity index (χ2v) is 5.89. The van der Waals surface area contributed by atoms with Crippen molar-refractivity contribution >= 4 is 33.0 Å². The van der Waals surface area contributed by atoms with Gasteiger partial charge < -0.3 is 0 Å². The van der Waals surface area contributed by atoms with E-state index in [1.54, 1.807) is 0 Å². The average Bonchev–Trinajstić information content (AvgIpc) is 2.84. The summed E-state index contributed by atoms with van der Waals surface area (Å²) in [6, 6.07) is 9.93. The molecule has 3 heteroatoms. The lowest BCUT2D eigenvalue weighted by atomic mass is 10.1. The Hall–Kier alpha value is -1.37. The van der Waals surface area contributed by atoms with Gasteiger partial charge in [-0.2, -0.15) is 0 Å². The predicted octanol–water partition coefficient (Wildman–Crippen LogP) is 4.70. The molecular weight excluding hydrogens is 320 g/mol. The number of carbonyl (C=O) groups is 1. The number of ketones is 1. The van der Waals surface area contributed by atoms with Gasteiger partial charge in [0.2, 0.25) is 5.78 Å². The highest BCUT2D eigenvalue weighted by Crippen LogP contribution is 2.22. The fraction of sp³-hybridized carbons (Fsp3) is 0.188. The summed E-state index contributed by atoms with van der Waals surface area (Å²) in [7, 11) is 0. The Morgan fingerprint density at radius 3 is 2.58 bits per heavy atom. The Kier molecular flexibility index (Phi) is 4.95. The van der Waals surface area contributed by atoms with Crippen molar-refractivity contribution in [3.63, 3.8) is 0 Å². The Bertz CT molecular complexity index is 629. The van der Waals surface area contributed by atoms with Gasteiger partial charge in [-0.1, -0.05) is 31.4 Å². The highest BCUT2D eigenvalue weighted by atomic mass is 79.9. The van der Waals surface area contributed by atoms with Crippen LogP contribution in [0, 0.1) is 11.8 Å². The van der Waals surface area contributed by atoms with Gasteiger partial charge in [-0.15, -0.1) is 11.3 Å². The third-order valence-electron chi connectivity index (χ3n) is 2.64. The van der Waals surface area contributed by atoms with Crippen molar-refractivity contribution in [1.29, 1.82) is 0 Å². The molecule has 0 atom stereocenters. The van der Waals surface area contributed by atoms with Crippen molar-refractivity contribution in [1.82, 2.24) is 0 Å². The molecule has 1 nitrogen and oxygen atoms in total. The molecule has 0 saturated heterocycles. The first-order valence-electron chi connectivity index (χ1n) is 6.09. The monoisotopic (exact) mass is 332 g/mol. The molecule has 0 saturated carbocycles. The first-order chi connectivity index (χ1) is 9.20. The molecule has 0 aliphatic rings. The number of carbonyl (C=O) groups excluding carboxylic acids is 1. The van der Waals surface area contributed by atoms with Gasteiger partial charge in [0.15, 0.2) is 0 Å². The van der Waals surface area contributed by atoms with Crippen LogP contribution in [0.15, 0.2) is 40.2 Å². The second-order valence-electron chi connectivity index (χ2n) is 4.12. The summed E-state index contributed by atoms with van der Waals surface area (Å²) in [5.41, 5.74) is 2.18. The zero-order valence-corrected chi connectivity index (χ0v) is 13.0. The van der Waals surface area contributed by atoms with Gasteiger partial charge in [-0.05, 0) is 57.4 Å². The summed E-state index contributed by atoms with van der Waals surface area (Å²) in [6.07, 6.45) is 2.21. The van der Waals surface area contributed by atoms with Gasteiger partial charge in [-0.25, -0.2) is 0 Å². The van der Waals surface area contributed by atoms with E-state index in [1.165, 1.54) is 16.9 Å². The maximum atomic E-state index is 11.9. The fourth-order valence-electron chi connectivity index (χ4n) is 1.68. The lowest BCUT2D eigenvalue weighted by Crippen LogP contribution is -1.91. The van der Waals surface area contributed by atoms with Crippen LogP contribution in [-0.2, 0) is 6.42 Å². The molecule has 0 unspecified atom stereocenters. The summed E-state index contributed by atoms with van der Waals surface area (Å²) < 4.78 is 0.815. The van der Waals surface area contributed by atoms with E-state index in [4.69, 9.17) is 0 Å². The van der Waals surface area contributed by atoms with Crippen LogP contribution >= 0.6 is 27.3 Å². The predicted molar refractivity (Wildman–Crippen MR) is 83.7 cm³/mol. The number of aryl methyl sites for hydroxylation is 1. The van der Waals surface area contributed by atoms with Crippen LogP contribution in [0.4, 0.5) is 0 Å². The van der Waals surface area contributed by atoms with Crippen LogP contribution in [0.25, 0.3) is 0 Å². The SMILES string of the molecule is CCCc1ccc(C#CC(=O)c2sccc2Br)cc1. The fourth-order valence-corrected chi connectivity index (χ4v) is 3.13. The molecule has 0 N–H and O–H groups in total. The quantitative estimate of drug-likeness (QED) is 0.588. The summed E-state index contributed by atoms with van der Waals surface area (Å²) in [6.45, 7) is 2.16. The molecule has 2 aromatic rings. The van der Waals surface area contributed by atoms with Gasteiger partial charge >= 0.3 is 0 Å². The van der Waals surface area contributed by atoms with E-state index in [0.717, 1.165) is 22.9 Å². The normalized spacial score (nSPS) is 9.79. The van der Waals surface area contributed by atoms with Crippen molar-refractivity contribution in [3.05, 3.63) is 56.2 Å². The molecule has 1 heterocycles. The Balaban J connectivity index is 2.11. The van der Waals surface area contributed by atoms with Gasteiger partial charge in [0.1, 0.15) is 0 Å². The molecule has 0 radical (unpaired) electrons. The Labute approximate surface area is 125 Å². The third-order valence-corrected chi connectivity index (χ3v) is 4.47. The average molecular weight is 333 g/mol. The van der Waals surface area contributed by atoms with Gasteiger partial charge in [0, 0.05) is 10.0 Å². The van der Waals surface area contributed by atoms with E-state index >= 15 is 0 Å². The summed E-state index contributed by atoms with van der Waals surface area (Å²) in [5.74, 6) is 5.46. The van der Waals surface area contributed by atoms with E-state index < -0.39 is 0 Å². The van der Waals surface area contributed by atoms with Gasteiger partial charge in [-0.3, -0.25) is 4.79 Å². The molecule has 0 bridgehead atoms. The molecule has 0 amide bonds. The van der Waals surface area contributed by atoms with Crippen LogP contribution in [-0.4, -0.2) is 5.78 Å². The minimum Gasteiger partial charge on any atom is -0.278 e. The van der Waals surface area contributed by atoms with Crippen molar-refractivity contribution in [2.75, 3.05) is 0 Å². The molecule has 19 heavy (non-hydrogen) atoms. The van der Waals surface area contributed by atoms with Crippen molar-refractivity contribution < 1.29 is 4.79 Å². The lowest BCUT2D eigenvalue weighted by Gasteiger charge is -1.97. The molecule has 1 aromatic carbocycles. The summed E-state index contributed by atoms with van der Waals surface area (Å²) >= 11 is 4.74. The van der Waals surface area contributed by atoms with Crippen LogP contribution in [0.3, 0.4) is 0 Å². The van der Waals surface area contributed by atoms with E-state index in [2.05, 4.69) is 46.8 Å². The number of rotatable bonds is 3. The van der Waals surface area contributed by atoms with Gasteiger partial charge in [0.05, 0.1) is 4.88 Å². The number of hydrogen-bond donors (Lipinski definition) is 0. The second kappa shape index (κ2) is 6.70. The number of thiophene rings is 1. The first kappa shape index (κ1) is 14.0. The minimum atomic E-state index is -0.139. The molecule has 1 aromatic heterocycles.